The molecule has 2 aromatic carbocycles. The molecule has 0 spiro atoms. The van der Waals surface area contributed by atoms with Crippen LogP contribution in [0.2, 0.25) is 0 Å². The van der Waals surface area contributed by atoms with E-state index in [4.69, 9.17) is 4.74 Å². The van der Waals surface area contributed by atoms with Gasteiger partial charge in [0.05, 0.1) is 12.6 Å². The molecular formula is C19H18F3NO. The van der Waals surface area contributed by atoms with Gasteiger partial charge in [-0.15, -0.1) is 0 Å². The van der Waals surface area contributed by atoms with Crippen LogP contribution in [0.15, 0.2) is 30.3 Å². The minimum Gasteiger partial charge on any atom is -0.491 e. The Morgan fingerprint density at radius 2 is 1.71 bits per heavy atom. The number of ether oxygens (including phenoxy) is 1. The number of fused-ring (bicyclic) bond motifs is 1. The Bertz CT molecular complexity index is 928. The Labute approximate surface area is 138 Å². The first-order chi connectivity index (χ1) is 11.3. The van der Waals surface area contributed by atoms with E-state index in [-0.39, 0.29) is 17.1 Å². The lowest BCUT2D eigenvalue weighted by Gasteiger charge is -2.14. The van der Waals surface area contributed by atoms with Crippen molar-refractivity contribution >= 4 is 10.9 Å². The summed E-state index contributed by atoms with van der Waals surface area (Å²) in [4.78, 5) is 0. The summed E-state index contributed by atoms with van der Waals surface area (Å²) in [6.07, 6.45) is 0. The number of halogens is 3. The third-order valence-electron chi connectivity index (χ3n) is 4.18. The summed E-state index contributed by atoms with van der Waals surface area (Å²) in [5, 5.41) is 0.277. The zero-order valence-electron chi connectivity index (χ0n) is 14.0. The molecular weight excluding hydrogens is 315 g/mol. The van der Waals surface area contributed by atoms with Crippen LogP contribution in [0.5, 0.6) is 5.75 Å². The second-order valence-corrected chi connectivity index (χ2v) is 6.13. The van der Waals surface area contributed by atoms with Crippen LogP contribution in [-0.4, -0.2) is 11.7 Å². The fourth-order valence-electron chi connectivity index (χ4n) is 2.94. The first-order valence-corrected chi connectivity index (χ1v) is 7.69. The molecule has 3 rings (SSSR count). The summed E-state index contributed by atoms with van der Waals surface area (Å²) in [6.45, 7) is 5.59. The second-order valence-electron chi connectivity index (χ2n) is 6.13. The molecule has 5 heteroatoms. The van der Waals surface area contributed by atoms with Crippen LogP contribution in [0, 0.1) is 24.4 Å². The van der Waals surface area contributed by atoms with Crippen LogP contribution < -0.4 is 4.74 Å². The van der Waals surface area contributed by atoms with E-state index in [1.807, 2.05) is 13.8 Å². The van der Waals surface area contributed by atoms with Gasteiger partial charge in [0.25, 0.3) is 0 Å². The predicted molar refractivity (Wildman–Crippen MR) is 88.5 cm³/mol. The van der Waals surface area contributed by atoms with E-state index in [9.17, 15) is 13.2 Å². The number of benzene rings is 2. The number of aromatic nitrogens is 1. The summed E-state index contributed by atoms with van der Waals surface area (Å²) >= 11 is 0. The zero-order valence-corrected chi connectivity index (χ0v) is 14.0. The number of methoxy groups -OCH3 is 1. The van der Waals surface area contributed by atoms with Crippen LogP contribution >= 0.6 is 0 Å². The highest BCUT2D eigenvalue weighted by molar-refractivity contribution is 5.86. The van der Waals surface area contributed by atoms with E-state index in [0.29, 0.717) is 16.8 Å². The second kappa shape index (κ2) is 5.89. The van der Waals surface area contributed by atoms with Crippen molar-refractivity contribution in [2.24, 2.45) is 0 Å². The molecule has 1 heterocycles. The number of rotatable bonds is 3. The predicted octanol–water partition coefficient (Wildman–Crippen LogP) is 5.49. The molecule has 0 aliphatic rings. The van der Waals surface area contributed by atoms with Gasteiger partial charge in [-0.05, 0) is 42.7 Å². The van der Waals surface area contributed by atoms with Crippen LogP contribution in [0.3, 0.4) is 0 Å². The lowest BCUT2D eigenvalue weighted by Crippen LogP contribution is -2.03. The molecule has 0 saturated heterocycles. The van der Waals surface area contributed by atoms with Gasteiger partial charge in [0.15, 0.2) is 17.4 Å². The van der Waals surface area contributed by atoms with E-state index in [0.717, 1.165) is 5.69 Å². The van der Waals surface area contributed by atoms with Crippen molar-refractivity contribution in [3.05, 3.63) is 59.0 Å². The van der Waals surface area contributed by atoms with Crippen LogP contribution in [0.1, 0.15) is 31.0 Å². The smallest absolute Gasteiger partial charge is 0.191 e. The van der Waals surface area contributed by atoms with E-state index in [1.54, 1.807) is 29.7 Å². The van der Waals surface area contributed by atoms with E-state index in [1.165, 1.54) is 19.2 Å². The number of hydrogen-bond donors (Lipinski definition) is 0. The molecule has 0 saturated carbocycles. The van der Waals surface area contributed by atoms with Crippen molar-refractivity contribution in [1.29, 1.82) is 0 Å². The molecule has 0 N–H and O–H groups in total. The first kappa shape index (κ1) is 16.4. The Balaban J connectivity index is 2.40. The minimum atomic E-state index is -0.768. The van der Waals surface area contributed by atoms with Crippen molar-refractivity contribution in [3.63, 3.8) is 0 Å². The lowest BCUT2D eigenvalue weighted by molar-refractivity contribution is 0.362. The lowest BCUT2D eigenvalue weighted by atomic mass is 10.1. The molecule has 0 fully saturated rings. The molecule has 0 aliphatic heterocycles. The van der Waals surface area contributed by atoms with Gasteiger partial charge in [-0.3, -0.25) is 0 Å². The maximum atomic E-state index is 14.6. The van der Waals surface area contributed by atoms with Crippen LogP contribution in [0.25, 0.3) is 16.6 Å². The van der Waals surface area contributed by atoms with Crippen LogP contribution in [0.4, 0.5) is 13.2 Å². The maximum Gasteiger partial charge on any atom is 0.191 e. The SMILES string of the molecule is COc1c(F)cc2c(cc(C(C)C)n2-c2ccc(F)c(C)c2)c1F. The molecule has 0 aliphatic carbocycles. The van der Waals surface area contributed by atoms with Gasteiger partial charge in [-0.1, -0.05) is 13.8 Å². The normalized spacial score (nSPS) is 11.5. The minimum absolute atomic E-state index is 0.0659. The Morgan fingerprint density at radius 1 is 1.00 bits per heavy atom. The van der Waals surface area contributed by atoms with Crippen molar-refractivity contribution in [2.75, 3.05) is 7.11 Å². The third kappa shape index (κ3) is 2.44. The van der Waals surface area contributed by atoms with Crippen molar-refractivity contribution in [2.45, 2.75) is 26.7 Å². The molecule has 0 amide bonds. The topological polar surface area (TPSA) is 14.2 Å². The fourth-order valence-corrected chi connectivity index (χ4v) is 2.94. The molecule has 0 radical (unpaired) electrons. The largest absolute Gasteiger partial charge is 0.491 e. The quantitative estimate of drug-likeness (QED) is 0.618. The van der Waals surface area contributed by atoms with Gasteiger partial charge in [0.2, 0.25) is 0 Å². The maximum absolute atomic E-state index is 14.6. The molecule has 0 bridgehead atoms. The average molecular weight is 333 g/mol. The molecule has 1 aromatic heterocycles. The first-order valence-electron chi connectivity index (χ1n) is 7.69. The number of hydrogen-bond acceptors (Lipinski definition) is 1. The van der Waals surface area contributed by atoms with E-state index >= 15 is 0 Å². The highest BCUT2D eigenvalue weighted by Gasteiger charge is 2.21. The van der Waals surface area contributed by atoms with Gasteiger partial charge < -0.3 is 9.30 Å². The van der Waals surface area contributed by atoms with Crippen LogP contribution in [-0.2, 0) is 0 Å². The van der Waals surface area contributed by atoms with E-state index in [2.05, 4.69) is 0 Å². The monoisotopic (exact) mass is 333 g/mol. The molecule has 2 nitrogen and oxygen atoms in total. The fraction of sp³-hybridized carbons (Fsp3) is 0.263. The highest BCUT2D eigenvalue weighted by Crippen LogP contribution is 2.36. The average Bonchev–Trinajstić information content (AvgIpc) is 2.90. The molecule has 0 atom stereocenters. The van der Waals surface area contributed by atoms with Gasteiger partial charge in [0.1, 0.15) is 5.82 Å². The third-order valence-corrected chi connectivity index (χ3v) is 4.18. The Kier molecular flexibility index (Phi) is 4.03. The molecule has 0 unspecified atom stereocenters. The summed E-state index contributed by atoms with van der Waals surface area (Å²) in [5.41, 5.74) is 2.33. The van der Waals surface area contributed by atoms with Gasteiger partial charge in [0, 0.05) is 22.8 Å². The summed E-state index contributed by atoms with van der Waals surface area (Å²) < 4.78 is 49.0. The summed E-state index contributed by atoms with van der Waals surface area (Å²) in [6, 6.07) is 7.57. The summed E-state index contributed by atoms with van der Waals surface area (Å²) in [7, 11) is 1.23. The van der Waals surface area contributed by atoms with E-state index < -0.39 is 17.4 Å². The van der Waals surface area contributed by atoms with Gasteiger partial charge >= 0.3 is 0 Å². The Morgan fingerprint density at radius 3 is 2.29 bits per heavy atom. The van der Waals surface area contributed by atoms with Crippen molar-refractivity contribution in [1.82, 2.24) is 4.57 Å². The molecule has 126 valence electrons. The standard InChI is InChI=1S/C19H18F3NO/c1-10(2)16-8-13-17(9-15(21)19(24-4)18(13)22)23(16)12-5-6-14(20)11(3)7-12/h5-10H,1-4H3. The number of nitrogens with zero attached hydrogens (tertiary/aromatic N) is 1. The van der Waals surface area contributed by atoms with Gasteiger partial charge in [-0.2, -0.15) is 0 Å². The highest BCUT2D eigenvalue weighted by atomic mass is 19.1. The Hall–Kier alpha value is -2.43. The number of aryl methyl sites for hydroxylation is 1. The molecule has 24 heavy (non-hydrogen) atoms. The van der Waals surface area contributed by atoms with Crippen molar-refractivity contribution in [3.8, 4) is 11.4 Å². The zero-order chi connectivity index (χ0) is 17.6. The van der Waals surface area contributed by atoms with Gasteiger partial charge in [-0.25, -0.2) is 13.2 Å². The molecule has 3 aromatic rings. The van der Waals surface area contributed by atoms with Crippen molar-refractivity contribution < 1.29 is 17.9 Å². The summed E-state index contributed by atoms with van der Waals surface area (Å²) in [5.74, 6) is -2.15.